The average molecular weight is 417 g/mol. The summed E-state index contributed by atoms with van der Waals surface area (Å²) >= 11 is 0. The van der Waals surface area contributed by atoms with Crippen LogP contribution in [0.1, 0.15) is 54.9 Å². The van der Waals surface area contributed by atoms with E-state index in [1.165, 1.54) is 6.42 Å². The van der Waals surface area contributed by atoms with Gasteiger partial charge in [-0.25, -0.2) is 4.99 Å². The third-order valence-corrected chi connectivity index (χ3v) is 6.07. The molecule has 2 aliphatic rings. The summed E-state index contributed by atoms with van der Waals surface area (Å²) in [5.74, 6) is 0.892. The van der Waals surface area contributed by atoms with Crippen molar-refractivity contribution in [2.75, 3.05) is 46.0 Å². The molecule has 1 aromatic carbocycles. The van der Waals surface area contributed by atoms with E-state index in [9.17, 15) is 9.90 Å². The number of nitrogens with zero attached hydrogens (tertiary/aromatic N) is 2. The summed E-state index contributed by atoms with van der Waals surface area (Å²) in [5, 5.41) is 16.1. The molecule has 2 aliphatic heterocycles. The monoisotopic (exact) mass is 416 g/mol. The normalized spacial score (nSPS) is 22.2. The molecule has 7 heteroatoms. The van der Waals surface area contributed by atoms with Crippen LogP contribution in [0.2, 0.25) is 0 Å². The fourth-order valence-electron chi connectivity index (χ4n) is 4.13. The number of carbonyl (C=O) groups is 1. The standard InChI is InChI=1S/C23H36N4O3/c1-2-24-22(26-17-23(10-14-28)11-15-30-18-23)25-16-19-6-8-20(9-7-19)21(29)27-12-4-3-5-13-27/h6-9,28H,2-5,10-18H2,1H3,(H2,24,25,26). The number of hydrogen-bond donors (Lipinski definition) is 3. The third kappa shape index (κ3) is 6.19. The van der Waals surface area contributed by atoms with Gasteiger partial charge in [0, 0.05) is 50.4 Å². The van der Waals surface area contributed by atoms with Crippen LogP contribution in [0.25, 0.3) is 0 Å². The largest absolute Gasteiger partial charge is 0.396 e. The lowest BCUT2D eigenvalue weighted by atomic mass is 9.84. The van der Waals surface area contributed by atoms with Gasteiger partial charge in [-0.3, -0.25) is 4.79 Å². The number of aliphatic imine (C=N–C) groups is 1. The maximum Gasteiger partial charge on any atom is 0.253 e. The summed E-state index contributed by atoms with van der Waals surface area (Å²) in [5.41, 5.74) is 1.79. The molecule has 1 unspecified atom stereocenters. The Bertz CT molecular complexity index is 693. The van der Waals surface area contributed by atoms with Gasteiger partial charge < -0.3 is 25.4 Å². The average Bonchev–Trinajstić information content (AvgIpc) is 3.25. The van der Waals surface area contributed by atoms with Gasteiger partial charge >= 0.3 is 0 Å². The van der Waals surface area contributed by atoms with Crippen LogP contribution in [0.3, 0.4) is 0 Å². The summed E-state index contributed by atoms with van der Waals surface area (Å²) in [7, 11) is 0. The molecule has 2 heterocycles. The Hall–Kier alpha value is -2.12. The van der Waals surface area contributed by atoms with E-state index in [1.54, 1.807) is 0 Å². The lowest BCUT2D eigenvalue weighted by molar-refractivity contribution is 0.0724. The Morgan fingerprint density at radius 2 is 1.97 bits per heavy atom. The molecule has 1 amide bonds. The number of piperidine rings is 1. The maximum atomic E-state index is 12.6. The minimum Gasteiger partial charge on any atom is -0.396 e. The fourth-order valence-corrected chi connectivity index (χ4v) is 4.13. The Morgan fingerprint density at radius 1 is 1.20 bits per heavy atom. The molecule has 0 aromatic heterocycles. The topological polar surface area (TPSA) is 86.2 Å². The summed E-state index contributed by atoms with van der Waals surface area (Å²) < 4.78 is 5.57. The van der Waals surface area contributed by atoms with Crippen molar-refractivity contribution in [3.8, 4) is 0 Å². The number of nitrogens with one attached hydrogen (secondary N) is 2. The number of guanidine groups is 1. The Morgan fingerprint density at radius 3 is 2.60 bits per heavy atom. The zero-order valence-corrected chi connectivity index (χ0v) is 18.2. The molecular formula is C23H36N4O3. The van der Waals surface area contributed by atoms with Crippen molar-refractivity contribution in [2.45, 2.75) is 45.6 Å². The van der Waals surface area contributed by atoms with E-state index in [-0.39, 0.29) is 17.9 Å². The maximum absolute atomic E-state index is 12.6. The molecule has 3 N–H and O–H groups in total. The van der Waals surface area contributed by atoms with E-state index in [4.69, 9.17) is 9.73 Å². The zero-order valence-electron chi connectivity index (χ0n) is 18.2. The van der Waals surface area contributed by atoms with Crippen LogP contribution in [-0.2, 0) is 11.3 Å². The number of aliphatic hydroxyl groups is 1. The Balaban J connectivity index is 1.56. The number of ether oxygens (including phenoxy) is 1. The molecule has 2 saturated heterocycles. The fraction of sp³-hybridized carbons (Fsp3) is 0.652. The number of likely N-dealkylation sites (tertiary alicyclic amines) is 1. The van der Waals surface area contributed by atoms with Gasteiger partial charge in [0.15, 0.2) is 5.96 Å². The van der Waals surface area contributed by atoms with Crippen molar-refractivity contribution in [2.24, 2.45) is 10.4 Å². The highest BCUT2D eigenvalue weighted by Gasteiger charge is 2.34. The van der Waals surface area contributed by atoms with E-state index in [2.05, 4.69) is 10.6 Å². The highest BCUT2D eigenvalue weighted by atomic mass is 16.5. The van der Waals surface area contributed by atoms with Crippen LogP contribution in [0.4, 0.5) is 0 Å². The van der Waals surface area contributed by atoms with Crippen molar-refractivity contribution >= 4 is 11.9 Å². The first-order valence-electron chi connectivity index (χ1n) is 11.2. The molecule has 3 rings (SSSR count). The van der Waals surface area contributed by atoms with Gasteiger partial charge in [-0.15, -0.1) is 0 Å². The lowest BCUT2D eigenvalue weighted by Crippen LogP contribution is -2.44. The van der Waals surface area contributed by atoms with Crippen LogP contribution in [0, 0.1) is 5.41 Å². The molecule has 1 aromatic rings. The smallest absolute Gasteiger partial charge is 0.253 e. The van der Waals surface area contributed by atoms with E-state index < -0.39 is 0 Å². The first-order valence-corrected chi connectivity index (χ1v) is 11.2. The van der Waals surface area contributed by atoms with Gasteiger partial charge in [-0.1, -0.05) is 12.1 Å². The second kappa shape index (κ2) is 11.3. The molecule has 1 atom stereocenters. The molecule has 30 heavy (non-hydrogen) atoms. The number of benzene rings is 1. The van der Waals surface area contributed by atoms with Crippen molar-refractivity contribution < 1.29 is 14.6 Å². The highest BCUT2D eigenvalue weighted by molar-refractivity contribution is 5.94. The zero-order chi connectivity index (χ0) is 21.2. The van der Waals surface area contributed by atoms with Crippen molar-refractivity contribution in [1.82, 2.24) is 15.5 Å². The minimum absolute atomic E-state index is 0.0264. The Kier molecular flexibility index (Phi) is 8.51. The van der Waals surface area contributed by atoms with Crippen LogP contribution in [-0.4, -0.2) is 67.9 Å². The van der Waals surface area contributed by atoms with Crippen molar-refractivity contribution in [3.05, 3.63) is 35.4 Å². The second-order valence-electron chi connectivity index (χ2n) is 8.37. The molecular weight excluding hydrogens is 380 g/mol. The highest BCUT2D eigenvalue weighted by Crippen LogP contribution is 2.31. The number of amides is 1. The van der Waals surface area contributed by atoms with Gasteiger partial charge in [0.25, 0.3) is 5.91 Å². The molecule has 0 saturated carbocycles. The number of carbonyl (C=O) groups excluding carboxylic acids is 1. The van der Waals surface area contributed by atoms with Crippen molar-refractivity contribution in [3.63, 3.8) is 0 Å². The van der Waals surface area contributed by atoms with Crippen LogP contribution in [0.5, 0.6) is 0 Å². The van der Waals surface area contributed by atoms with E-state index in [0.717, 1.165) is 75.6 Å². The summed E-state index contributed by atoms with van der Waals surface area (Å²) in [4.78, 5) is 19.3. The van der Waals surface area contributed by atoms with Gasteiger partial charge in [0.2, 0.25) is 0 Å². The van der Waals surface area contributed by atoms with E-state index in [0.29, 0.717) is 13.2 Å². The van der Waals surface area contributed by atoms with Gasteiger partial charge in [0.05, 0.1) is 13.2 Å². The van der Waals surface area contributed by atoms with E-state index >= 15 is 0 Å². The molecule has 0 bridgehead atoms. The number of hydrogen-bond acceptors (Lipinski definition) is 4. The number of aliphatic hydroxyl groups excluding tert-OH is 1. The second-order valence-corrected chi connectivity index (χ2v) is 8.37. The van der Waals surface area contributed by atoms with Crippen LogP contribution < -0.4 is 10.6 Å². The predicted molar refractivity (Wildman–Crippen MR) is 119 cm³/mol. The predicted octanol–water partition coefficient (Wildman–Crippen LogP) is 2.16. The van der Waals surface area contributed by atoms with Crippen LogP contribution in [0.15, 0.2) is 29.3 Å². The molecule has 166 valence electrons. The number of rotatable bonds is 8. The van der Waals surface area contributed by atoms with E-state index in [1.807, 2.05) is 36.1 Å². The molecule has 7 nitrogen and oxygen atoms in total. The first-order chi connectivity index (χ1) is 14.7. The molecule has 0 radical (unpaired) electrons. The third-order valence-electron chi connectivity index (χ3n) is 6.07. The molecule has 2 fully saturated rings. The SMILES string of the molecule is CCNC(=NCc1ccc(C(=O)N2CCCCC2)cc1)NCC1(CCO)CCOC1. The molecule has 0 aliphatic carbocycles. The quantitative estimate of drug-likeness (QED) is 0.447. The van der Waals surface area contributed by atoms with Gasteiger partial charge in [-0.05, 0) is 56.7 Å². The van der Waals surface area contributed by atoms with Crippen molar-refractivity contribution in [1.29, 1.82) is 0 Å². The van der Waals surface area contributed by atoms with Gasteiger partial charge in [-0.2, -0.15) is 0 Å². The first kappa shape index (κ1) is 22.6. The Labute approximate surface area is 179 Å². The van der Waals surface area contributed by atoms with Gasteiger partial charge in [0.1, 0.15) is 0 Å². The summed E-state index contributed by atoms with van der Waals surface area (Å²) in [6, 6.07) is 7.80. The minimum atomic E-state index is -0.0264. The van der Waals surface area contributed by atoms with Crippen LogP contribution >= 0.6 is 0 Å². The lowest BCUT2D eigenvalue weighted by Gasteiger charge is -2.27. The summed E-state index contributed by atoms with van der Waals surface area (Å²) in [6.45, 7) is 7.40. The molecule has 0 spiro atoms. The summed E-state index contributed by atoms with van der Waals surface area (Å²) in [6.07, 6.45) is 5.10.